The summed E-state index contributed by atoms with van der Waals surface area (Å²) in [6.07, 6.45) is 2.02. The van der Waals surface area contributed by atoms with Crippen LogP contribution in [0.5, 0.6) is 0 Å². The molecule has 1 aliphatic carbocycles. The molecule has 0 aromatic heterocycles. The second kappa shape index (κ2) is 5.35. The van der Waals surface area contributed by atoms with Gasteiger partial charge in [-0.25, -0.2) is 13.1 Å². The number of hydrogen-bond donors (Lipinski definition) is 2. The minimum absolute atomic E-state index is 0.00392. The van der Waals surface area contributed by atoms with Crippen LogP contribution in [0.4, 0.5) is 0 Å². The fourth-order valence-corrected chi connectivity index (χ4v) is 3.86. The number of nitrogens with two attached hydrogens (primary N) is 1. The van der Waals surface area contributed by atoms with Crippen molar-refractivity contribution in [3.8, 4) is 0 Å². The smallest absolute Gasteiger partial charge is 0.242 e. The minimum Gasteiger partial charge on any atom is -0.329 e. The summed E-state index contributed by atoms with van der Waals surface area (Å²) in [5.41, 5.74) is 5.58. The van der Waals surface area contributed by atoms with Crippen molar-refractivity contribution in [2.45, 2.75) is 23.8 Å². The van der Waals surface area contributed by atoms with Crippen LogP contribution in [0.25, 0.3) is 0 Å². The van der Waals surface area contributed by atoms with Gasteiger partial charge in [-0.1, -0.05) is 23.2 Å². The van der Waals surface area contributed by atoms with Crippen LogP contribution in [-0.2, 0) is 10.0 Å². The molecule has 7 heteroatoms. The predicted octanol–water partition coefficient (Wildman–Crippen LogP) is 2.01. The normalized spacial score (nSPS) is 17.7. The third-order valence-electron chi connectivity index (χ3n) is 2.93. The predicted molar refractivity (Wildman–Crippen MR) is 72.3 cm³/mol. The molecule has 0 bridgehead atoms. The van der Waals surface area contributed by atoms with E-state index in [9.17, 15) is 8.42 Å². The fraction of sp³-hybridized carbons (Fsp3) is 0.455. The Kier molecular flexibility index (Phi) is 4.18. The van der Waals surface area contributed by atoms with Crippen LogP contribution in [0.1, 0.15) is 12.8 Å². The number of halogens is 2. The molecule has 4 nitrogen and oxygen atoms in total. The zero-order chi connectivity index (χ0) is 13.3. The number of nitrogens with one attached hydrogen (secondary N) is 1. The molecule has 100 valence electrons. The van der Waals surface area contributed by atoms with Gasteiger partial charge in [0.25, 0.3) is 0 Å². The van der Waals surface area contributed by atoms with Gasteiger partial charge in [-0.3, -0.25) is 0 Å². The topological polar surface area (TPSA) is 72.2 Å². The van der Waals surface area contributed by atoms with Gasteiger partial charge in [0, 0.05) is 17.6 Å². The van der Waals surface area contributed by atoms with Gasteiger partial charge in [0.2, 0.25) is 10.0 Å². The summed E-state index contributed by atoms with van der Waals surface area (Å²) in [6.45, 7) is 0.280. The number of rotatable bonds is 5. The summed E-state index contributed by atoms with van der Waals surface area (Å²) in [5.74, 6) is 0.336. The minimum atomic E-state index is -3.68. The lowest BCUT2D eigenvalue weighted by Gasteiger charge is -2.16. The zero-order valence-electron chi connectivity index (χ0n) is 9.57. The Morgan fingerprint density at radius 2 is 2.06 bits per heavy atom. The molecule has 0 aliphatic heterocycles. The van der Waals surface area contributed by atoms with Crippen molar-refractivity contribution in [2.24, 2.45) is 11.7 Å². The van der Waals surface area contributed by atoms with E-state index in [1.165, 1.54) is 12.1 Å². The molecular weight excluding hydrogens is 295 g/mol. The monoisotopic (exact) mass is 308 g/mol. The van der Waals surface area contributed by atoms with Crippen molar-refractivity contribution < 1.29 is 8.42 Å². The highest BCUT2D eigenvalue weighted by Crippen LogP contribution is 2.33. The van der Waals surface area contributed by atoms with Gasteiger partial charge < -0.3 is 5.73 Å². The Hall–Kier alpha value is -0.330. The fourth-order valence-electron chi connectivity index (χ4n) is 1.78. The van der Waals surface area contributed by atoms with Crippen molar-refractivity contribution in [1.29, 1.82) is 0 Å². The van der Waals surface area contributed by atoms with E-state index in [-0.39, 0.29) is 22.5 Å². The van der Waals surface area contributed by atoms with E-state index in [1.54, 1.807) is 6.07 Å². The van der Waals surface area contributed by atoms with E-state index in [1.807, 2.05) is 0 Å². The maximum atomic E-state index is 12.2. The lowest BCUT2D eigenvalue weighted by Crippen LogP contribution is -2.41. The van der Waals surface area contributed by atoms with Crippen LogP contribution >= 0.6 is 23.2 Å². The van der Waals surface area contributed by atoms with E-state index in [4.69, 9.17) is 28.9 Å². The maximum absolute atomic E-state index is 12.2. The van der Waals surface area contributed by atoms with Crippen LogP contribution in [0.15, 0.2) is 23.1 Å². The van der Waals surface area contributed by atoms with Gasteiger partial charge in [-0.2, -0.15) is 0 Å². The molecule has 1 saturated carbocycles. The van der Waals surface area contributed by atoms with Crippen molar-refractivity contribution in [2.75, 3.05) is 6.54 Å². The summed E-state index contributed by atoms with van der Waals surface area (Å²) in [5, 5.41) is 0.481. The van der Waals surface area contributed by atoms with E-state index >= 15 is 0 Å². The van der Waals surface area contributed by atoms with E-state index < -0.39 is 10.0 Å². The molecule has 0 amide bonds. The molecule has 18 heavy (non-hydrogen) atoms. The lowest BCUT2D eigenvalue weighted by atomic mass is 10.2. The molecule has 0 heterocycles. The first-order valence-corrected chi connectivity index (χ1v) is 7.85. The zero-order valence-corrected chi connectivity index (χ0v) is 11.9. The summed E-state index contributed by atoms with van der Waals surface area (Å²) in [6, 6.07) is 4.12. The lowest BCUT2D eigenvalue weighted by molar-refractivity contribution is 0.519. The highest BCUT2D eigenvalue weighted by molar-refractivity contribution is 7.89. The first-order valence-electron chi connectivity index (χ1n) is 5.61. The van der Waals surface area contributed by atoms with Crippen molar-refractivity contribution in [1.82, 2.24) is 4.72 Å². The highest BCUT2D eigenvalue weighted by Gasteiger charge is 2.33. The standard InChI is InChI=1S/C11H14Cl2N2O2S/c12-8-3-4-9(13)11(5-8)18(16,17)15-10(6-14)7-1-2-7/h3-5,7,10,15H,1-2,6,14H2. The van der Waals surface area contributed by atoms with Crippen molar-refractivity contribution in [3.63, 3.8) is 0 Å². The average Bonchev–Trinajstić information content (AvgIpc) is 3.13. The molecule has 0 spiro atoms. The average molecular weight is 309 g/mol. The van der Waals surface area contributed by atoms with E-state index in [0.29, 0.717) is 10.9 Å². The first kappa shape index (κ1) is 14.1. The molecule has 3 N–H and O–H groups in total. The van der Waals surface area contributed by atoms with E-state index in [2.05, 4.69) is 4.72 Å². The molecule has 1 fully saturated rings. The summed E-state index contributed by atoms with van der Waals surface area (Å²) < 4.78 is 27.0. The van der Waals surface area contributed by atoms with Gasteiger partial charge in [-0.05, 0) is 37.0 Å². The highest BCUT2D eigenvalue weighted by atomic mass is 35.5. The van der Waals surface area contributed by atoms with E-state index in [0.717, 1.165) is 12.8 Å². The van der Waals surface area contributed by atoms with Crippen LogP contribution in [-0.4, -0.2) is 21.0 Å². The molecule has 1 aliphatic rings. The van der Waals surface area contributed by atoms with Gasteiger partial charge >= 0.3 is 0 Å². The third kappa shape index (κ3) is 3.16. The molecule has 1 atom stereocenters. The number of hydrogen-bond acceptors (Lipinski definition) is 3. The molecule has 1 unspecified atom stereocenters. The van der Waals surface area contributed by atoms with Crippen LogP contribution < -0.4 is 10.5 Å². The maximum Gasteiger partial charge on any atom is 0.242 e. The molecule has 2 rings (SSSR count). The molecule has 0 radical (unpaired) electrons. The van der Waals surface area contributed by atoms with Crippen molar-refractivity contribution >= 4 is 33.2 Å². The Bertz CT molecular complexity index is 544. The third-order valence-corrected chi connectivity index (χ3v) is 5.14. The molecular formula is C11H14Cl2N2O2S. The van der Waals surface area contributed by atoms with Gasteiger partial charge in [0.05, 0.1) is 5.02 Å². The number of sulfonamides is 1. The summed E-state index contributed by atoms with van der Waals surface area (Å²) in [7, 11) is -3.68. The van der Waals surface area contributed by atoms with Crippen LogP contribution in [0, 0.1) is 5.92 Å². The SMILES string of the molecule is NCC(NS(=O)(=O)c1cc(Cl)ccc1Cl)C1CC1. The largest absolute Gasteiger partial charge is 0.329 e. The first-order chi connectivity index (χ1) is 8.44. The molecule has 1 aromatic rings. The second-order valence-electron chi connectivity index (χ2n) is 4.38. The Balaban J connectivity index is 2.26. The Labute approximate surface area is 117 Å². The van der Waals surface area contributed by atoms with Gasteiger partial charge in [0.1, 0.15) is 4.90 Å². The molecule has 0 saturated heterocycles. The summed E-state index contributed by atoms with van der Waals surface area (Å²) >= 11 is 11.7. The van der Waals surface area contributed by atoms with Gasteiger partial charge in [0.15, 0.2) is 0 Å². The quantitative estimate of drug-likeness (QED) is 0.874. The number of benzene rings is 1. The second-order valence-corrected chi connectivity index (χ2v) is 6.90. The molecule has 1 aromatic carbocycles. The van der Waals surface area contributed by atoms with Gasteiger partial charge in [-0.15, -0.1) is 0 Å². The Morgan fingerprint density at radius 1 is 1.39 bits per heavy atom. The van der Waals surface area contributed by atoms with Crippen LogP contribution in [0.2, 0.25) is 10.0 Å². The Morgan fingerprint density at radius 3 is 2.61 bits per heavy atom. The van der Waals surface area contributed by atoms with Crippen LogP contribution in [0.3, 0.4) is 0 Å². The van der Waals surface area contributed by atoms with Crippen molar-refractivity contribution in [3.05, 3.63) is 28.2 Å². The summed E-state index contributed by atoms with van der Waals surface area (Å²) in [4.78, 5) is -0.00392.